The topological polar surface area (TPSA) is 100 Å². The summed E-state index contributed by atoms with van der Waals surface area (Å²) in [6, 6.07) is 17.1. The minimum atomic E-state index is -1.16. The van der Waals surface area contributed by atoms with Crippen LogP contribution < -0.4 is 15.4 Å². The summed E-state index contributed by atoms with van der Waals surface area (Å²) in [5.41, 5.74) is 0.866. The van der Waals surface area contributed by atoms with Crippen molar-refractivity contribution in [1.82, 2.24) is 15.1 Å². The maximum Gasteiger partial charge on any atom is 0.246 e. The lowest BCUT2D eigenvalue weighted by atomic mass is 9.73. The number of benzene rings is 2. The number of anilines is 1. The molecule has 1 aliphatic carbocycles. The molecule has 9 heteroatoms. The average molecular weight is 669 g/mol. The minimum Gasteiger partial charge on any atom is -0.497 e. The number of methoxy groups -OCH3 is 1. The Morgan fingerprint density at radius 1 is 0.959 bits per heavy atom. The van der Waals surface area contributed by atoms with Crippen LogP contribution in [0.4, 0.5) is 5.69 Å². The van der Waals surface area contributed by atoms with Crippen molar-refractivity contribution in [2.75, 3.05) is 38.6 Å². The fourth-order valence-electron chi connectivity index (χ4n) is 9.28. The number of amides is 3. The standard InChI is InChI=1S/C40H52N4O5/c1-26-9-7-12-32(27(26)2)42-38(46)36-40-20-17-33(49-40)34(37(45)41-30-13-15-31(48-3)16-14-30)35(40)39(47)44(36)22-8-21-43-23-18-29(19-24-43)25-28-10-5-4-6-11-28/h4-6,10-11,13-17,20,26-27,29,32-36H,7-9,12,18-19,21-25H2,1-3H3,(H,41,45)(H,42,46)/t26-,27-,32+,33+,34-,35+,36+,40+/m0/s1. The van der Waals surface area contributed by atoms with Crippen LogP contribution >= 0.6 is 0 Å². The highest BCUT2D eigenvalue weighted by molar-refractivity contribution is 6.02. The van der Waals surface area contributed by atoms with Gasteiger partial charge in [-0.3, -0.25) is 14.4 Å². The Morgan fingerprint density at radius 3 is 2.45 bits per heavy atom. The fraction of sp³-hybridized carbons (Fsp3) is 0.575. The summed E-state index contributed by atoms with van der Waals surface area (Å²) in [6.07, 6.45) is 10.6. The fourth-order valence-corrected chi connectivity index (χ4v) is 9.28. The van der Waals surface area contributed by atoms with Gasteiger partial charge in [0.05, 0.1) is 25.0 Å². The summed E-state index contributed by atoms with van der Waals surface area (Å²) >= 11 is 0. The number of nitrogens with one attached hydrogen (secondary N) is 2. The van der Waals surface area contributed by atoms with Gasteiger partial charge in [0.25, 0.3) is 0 Å². The van der Waals surface area contributed by atoms with Crippen LogP contribution in [0.25, 0.3) is 0 Å². The molecule has 4 heterocycles. The molecule has 3 saturated heterocycles. The maximum atomic E-state index is 14.5. The third-order valence-electron chi connectivity index (χ3n) is 12.3. The van der Waals surface area contributed by atoms with Gasteiger partial charge in [0.1, 0.15) is 17.4 Å². The molecule has 2 N–H and O–H groups in total. The smallest absolute Gasteiger partial charge is 0.246 e. The lowest BCUT2D eigenvalue weighted by Gasteiger charge is -2.38. The zero-order chi connectivity index (χ0) is 34.1. The van der Waals surface area contributed by atoms with Crippen LogP contribution in [0.3, 0.4) is 0 Å². The predicted octanol–water partition coefficient (Wildman–Crippen LogP) is 5.07. The Kier molecular flexibility index (Phi) is 9.84. The van der Waals surface area contributed by atoms with Crippen molar-refractivity contribution in [2.24, 2.45) is 29.6 Å². The van der Waals surface area contributed by atoms with Gasteiger partial charge in [-0.2, -0.15) is 0 Å². The molecule has 1 saturated carbocycles. The van der Waals surface area contributed by atoms with E-state index in [1.54, 1.807) is 36.3 Å². The van der Waals surface area contributed by atoms with Gasteiger partial charge in [-0.25, -0.2) is 0 Å². The van der Waals surface area contributed by atoms with Crippen molar-refractivity contribution in [2.45, 2.75) is 82.6 Å². The monoisotopic (exact) mass is 668 g/mol. The zero-order valence-electron chi connectivity index (χ0n) is 29.2. The first-order valence-corrected chi connectivity index (χ1v) is 18.5. The first kappa shape index (κ1) is 33.8. The molecule has 1 spiro atoms. The second-order valence-electron chi connectivity index (χ2n) is 15.2. The molecule has 262 valence electrons. The van der Waals surface area contributed by atoms with Crippen molar-refractivity contribution < 1.29 is 23.9 Å². The van der Waals surface area contributed by atoms with Crippen LogP contribution in [0.5, 0.6) is 5.75 Å². The molecule has 5 aliphatic rings. The molecule has 7 rings (SSSR count). The van der Waals surface area contributed by atoms with Crippen LogP contribution in [0.15, 0.2) is 66.7 Å². The number of carbonyl (C=O) groups is 3. The van der Waals surface area contributed by atoms with Crippen molar-refractivity contribution >= 4 is 23.4 Å². The number of likely N-dealkylation sites (tertiary alicyclic amines) is 2. The number of hydrogen-bond acceptors (Lipinski definition) is 6. The van der Waals surface area contributed by atoms with E-state index in [-0.39, 0.29) is 23.8 Å². The largest absolute Gasteiger partial charge is 0.497 e. The Balaban J connectivity index is 1.05. The summed E-state index contributed by atoms with van der Waals surface area (Å²) < 4.78 is 11.9. The van der Waals surface area contributed by atoms with Crippen LogP contribution in [0, 0.1) is 29.6 Å². The molecule has 9 nitrogen and oxygen atoms in total. The molecule has 2 aromatic carbocycles. The van der Waals surface area contributed by atoms with E-state index in [9.17, 15) is 14.4 Å². The number of hydrogen-bond donors (Lipinski definition) is 2. The quantitative estimate of drug-likeness (QED) is 0.325. The molecule has 4 fully saturated rings. The molecule has 8 atom stereocenters. The Morgan fingerprint density at radius 2 is 1.71 bits per heavy atom. The molecule has 2 bridgehead atoms. The molecule has 0 radical (unpaired) electrons. The second-order valence-corrected chi connectivity index (χ2v) is 15.2. The highest BCUT2D eigenvalue weighted by Crippen LogP contribution is 2.55. The van der Waals surface area contributed by atoms with Crippen LogP contribution in [-0.2, 0) is 25.5 Å². The lowest BCUT2D eigenvalue weighted by molar-refractivity contribution is -0.141. The molecule has 2 aromatic rings. The number of nitrogens with zero attached hydrogens (tertiary/aromatic N) is 2. The molecular weight excluding hydrogens is 616 g/mol. The Bertz CT molecular complexity index is 1520. The van der Waals surface area contributed by atoms with Crippen LogP contribution in [-0.4, -0.2) is 84.6 Å². The van der Waals surface area contributed by atoms with Gasteiger partial charge in [0, 0.05) is 18.3 Å². The number of piperidine rings is 1. The van der Waals surface area contributed by atoms with Crippen molar-refractivity contribution in [1.29, 1.82) is 0 Å². The van der Waals surface area contributed by atoms with E-state index in [4.69, 9.17) is 9.47 Å². The van der Waals surface area contributed by atoms with Gasteiger partial charge in [-0.1, -0.05) is 69.2 Å². The molecule has 49 heavy (non-hydrogen) atoms. The zero-order valence-corrected chi connectivity index (χ0v) is 29.2. The van der Waals surface area contributed by atoms with Crippen molar-refractivity contribution in [3.8, 4) is 5.75 Å². The van der Waals surface area contributed by atoms with Gasteiger partial charge >= 0.3 is 0 Å². The molecule has 3 amide bonds. The third-order valence-corrected chi connectivity index (χ3v) is 12.3. The van der Waals surface area contributed by atoms with E-state index in [1.165, 1.54) is 5.56 Å². The number of rotatable bonds is 11. The molecule has 0 unspecified atom stereocenters. The summed E-state index contributed by atoms with van der Waals surface area (Å²) in [5.74, 6) is 0.179. The van der Waals surface area contributed by atoms with Crippen LogP contribution in [0.2, 0.25) is 0 Å². The van der Waals surface area contributed by atoms with Crippen LogP contribution in [0.1, 0.15) is 57.9 Å². The van der Waals surface area contributed by atoms with Gasteiger partial charge in [0.15, 0.2) is 0 Å². The normalized spacial score (nSPS) is 32.7. The minimum absolute atomic E-state index is 0.0533. The summed E-state index contributed by atoms with van der Waals surface area (Å²) in [6.45, 7) is 7.87. The molecule has 4 aliphatic heterocycles. The Labute approximate surface area is 290 Å². The lowest BCUT2D eigenvalue weighted by Crippen LogP contribution is -2.58. The first-order valence-electron chi connectivity index (χ1n) is 18.5. The highest BCUT2D eigenvalue weighted by atomic mass is 16.5. The van der Waals surface area contributed by atoms with Gasteiger partial charge in [0.2, 0.25) is 17.7 Å². The van der Waals surface area contributed by atoms with Gasteiger partial charge < -0.3 is 29.9 Å². The van der Waals surface area contributed by atoms with Crippen molar-refractivity contribution in [3.05, 3.63) is 72.3 Å². The SMILES string of the molecule is COc1ccc(NC(=O)[C@H]2[C@H]3C=C[C@@]4(O3)[C@H]2C(=O)N(CCCN2CCC(Cc3ccccc3)CC2)[C@@H]4C(=O)N[C@@H]2CCC[C@H](C)[C@@H]2C)cc1. The van der Waals surface area contributed by atoms with E-state index >= 15 is 0 Å². The van der Waals surface area contributed by atoms with E-state index in [0.29, 0.717) is 35.7 Å². The van der Waals surface area contributed by atoms with Gasteiger partial charge in [-0.05, 0) is 99.3 Å². The van der Waals surface area contributed by atoms with Gasteiger partial charge in [-0.15, -0.1) is 0 Å². The van der Waals surface area contributed by atoms with E-state index < -0.39 is 29.6 Å². The summed E-state index contributed by atoms with van der Waals surface area (Å²) in [4.78, 5) is 46.9. The number of fused-ring (bicyclic) bond motifs is 1. The predicted molar refractivity (Wildman–Crippen MR) is 189 cm³/mol. The maximum absolute atomic E-state index is 14.5. The van der Waals surface area contributed by atoms with Crippen molar-refractivity contribution in [3.63, 3.8) is 0 Å². The molecular formula is C40H52N4O5. The third kappa shape index (κ3) is 6.64. The Hall–Kier alpha value is -3.69. The van der Waals surface area contributed by atoms with E-state index in [1.807, 2.05) is 12.2 Å². The highest BCUT2D eigenvalue weighted by Gasteiger charge is 2.72. The van der Waals surface area contributed by atoms with E-state index in [0.717, 1.165) is 64.6 Å². The summed E-state index contributed by atoms with van der Waals surface area (Å²) in [7, 11) is 1.60. The number of carbonyl (C=O) groups excluding carboxylic acids is 3. The van der Waals surface area contributed by atoms with E-state index in [2.05, 4.69) is 59.7 Å². The molecule has 0 aromatic heterocycles. The second kappa shape index (κ2) is 14.3. The summed E-state index contributed by atoms with van der Waals surface area (Å²) in [5, 5.41) is 6.38. The number of ether oxygens (including phenoxy) is 2. The average Bonchev–Trinajstić information content (AvgIpc) is 3.75. The first-order chi connectivity index (χ1) is 23.8.